The van der Waals surface area contributed by atoms with Crippen molar-refractivity contribution in [2.24, 2.45) is 5.92 Å². The van der Waals surface area contributed by atoms with Gasteiger partial charge in [-0.25, -0.2) is 9.97 Å². The van der Waals surface area contributed by atoms with Crippen molar-refractivity contribution in [3.63, 3.8) is 0 Å². The quantitative estimate of drug-likeness (QED) is 0.274. The molecule has 0 aliphatic carbocycles. The van der Waals surface area contributed by atoms with E-state index in [1.54, 1.807) is 6.33 Å². The molecule has 0 atom stereocenters. The first-order chi connectivity index (χ1) is 15.8. The van der Waals surface area contributed by atoms with Gasteiger partial charge in [0.2, 0.25) is 0 Å². The molecule has 0 saturated carbocycles. The fourth-order valence-electron chi connectivity index (χ4n) is 4.53. The van der Waals surface area contributed by atoms with Crippen LogP contribution in [0.5, 0.6) is 0 Å². The Hall–Kier alpha value is -3.04. The third-order valence-electron chi connectivity index (χ3n) is 6.11. The summed E-state index contributed by atoms with van der Waals surface area (Å²) < 4.78 is 1.32. The van der Waals surface area contributed by atoms with E-state index in [4.69, 9.17) is 0 Å². The summed E-state index contributed by atoms with van der Waals surface area (Å²) in [5.41, 5.74) is 5.88. The van der Waals surface area contributed by atoms with Crippen molar-refractivity contribution in [2.45, 2.75) is 46.5 Å². The molecule has 0 radical (unpaired) electrons. The number of hydrogen-bond acceptors (Lipinski definition) is 3. The first-order valence-corrected chi connectivity index (χ1v) is 12.5. The highest BCUT2D eigenvalue weighted by atomic mass is 32.1. The Morgan fingerprint density at radius 3 is 2.39 bits per heavy atom. The van der Waals surface area contributed by atoms with E-state index >= 15 is 0 Å². The molecule has 0 N–H and O–H groups in total. The lowest BCUT2D eigenvalue weighted by atomic mass is 9.82. The van der Waals surface area contributed by atoms with Crippen LogP contribution in [0.25, 0.3) is 42.7 Å². The monoisotopic (exact) mass is 450 g/mol. The summed E-state index contributed by atoms with van der Waals surface area (Å²) in [5, 5.41) is 3.84. The van der Waals surface area contributed by atoms with E-state index in [9.17, 15) is 0 Å². The fourth-order valence-corrected chi connectivity index (χ4v) is 5.62. The van der Waals surface area contributed by atoms with Crippen LogP contribution in [0.3, 0.4) is 0 Å². The highest BCUT2D eigenvalue weighted by molar-refractivity contribution is 7.22. The minimum Gasteiger partial charge on any atom is -0.236 e. The Labute approximate surface area is 200 Å². The number of thiophene rings is 1. The normalized spacial score (nSPS) is 12.2. The summed E-state index contributed by atoms with van der Waals surface area (Å²) in [6, 6.07) is 24.4. The Morgan fingerprint density at radius 2 is 1.61 bits per heavy atom. The number of fused-ring (bicyclic) bond motifs is 2. The summed E-state index contributed by atoms with van der Waals surface area (Å²) in [7, 11) is 0. The van der Waals surface area contributed by atoms with Crippen LogP contribution in [0.4, 0.5) is 0 Å². The molecule has 0 aliphatic rings. The number of hydrogen-bond donors (Lipinski definition) is 0. The fraction of sp³-hybridized carbons (Fsp3) is 0.267. The standard InChI is InChI=1S/C30H30N2S/c1-19(2)12-20-10-11-22-16-29(33-28(22)13-20)27-17-26(31-18-32-27)23-14-21-8-6-7-9-24(21)25(15-23)30(3,4)5/h6-11,13-19H,12H2,1-5H3. The van der Waals surface area contributed by atoms with E-state index in [2.05, 4.69) is 111 Å². The van der Waals surface area contributed by atoms with Crippen molar-refractivity contribution in [3.8, 4) is 21.8 Å². The predicted molar refractivity (Wildman–Crippen MR) is 143 cm³/mol. The lowest BCUT2D eigenvalue weighted by Gasteiger charge is -2.22. The van der Waals surface area contributed by atoms with Crippen molar-refractivity contribution in [1.29, 1.82) is 0 Å². The van der Waals surface area contributed by atoms with Crippen LogP contribution in [0, 0.1) is 5.92 Å². The topological polar surface area (TPSA) is 25.8 Å². The molecule has 5 aromatic rings. The van der Waals surface area contributed by atoms with E-state index in [1.165, 1.54) is 36.9 Å². The van der Waals surface area contributed by atoms with E-state index in [1.807, 2.05) is 11.3 Å². The van der Waals surface area contributed by atoms with Crippen molar-refractivity contribution < 1.29 is 0 Å². The largest absolute Gasteiger partial charge is 0.236 e. The number of rotatable bonds is 4. The van der Waals surface area contributed by atoms with Crippen LogP contribution < -0.4 is 0 Å². The van der Waals surface area contributed by atoms with E-state index in [0.29, 0.717) is 5.92 Å². The van der Waals surface area contributed by atoms with Gasteiger partial charge in [0.05, 0.1) is 16.3 Å². The summed E-state index contributed by atoms with van der Waals surface area (Å²) >= 11 is 1.82. The first kappa shape index (κ1) is 21.8. The van der Waals surface area contributed by atoms with Gasteiger partial charge in [-0.15, -0.1) is 11.3 Å². The molecule has 2 heterocycles. The van der Waals surface area contributed by atoms with Crippen molar-refractivity contribution >= 4 is 32.2 Å². The predicted octanol–water partition coefficient (Wildman–Crippen LogP) is 8.67. The number of benzene rings is 3. The Bertz CT molecular complexity index is 1450. The summed E-state index contributed by atoms with van der Waals surface area (Å²) in [6.07, 6.45) is 2.81. The maximum absolute atomic E-state index is 4.66. The summed E-state index contributed by atoms with van der Waals surface area (Å²) in [6.45, 7) is 11.4. The van der Waals surface area contributed by atoms with Crippen LogP contribution in [0.15, 0.2) is 73.1 Å². The van der Waals surface area contributed by atoms with E-state index in [-0.39, 0.29) is 5.41 Å². The van der Waals surface area contributed by atoms with Crippen LogP contribution in [0.1, 0.15) is 45.7 Å². The summed E-state index contributed by atoms with van der Waals surface area (Å²) in [5.74, 6) is 0.659. The van der Waals surface area contributed by atoms with E-state index in [0.717, 1.165) is 23.4 Å². The number of nitrogens with zero attached hydrogens (tertiary/aromatic N) is 2. The van der Waals surface area contributed by atoms with Gasteiger partial charge in [-0.05, 0) is 75.4 Å². The third kappa shape index (κ3) is 4.43. The Kier molecular flexibility index (Phi) is 5.54. The SMILES string of the molecule is CC(C)Cc1ccc2cc(-c3cc(-c4cc(C(C)(C)C)c5ccccc5c4)ncn3)sc2c1. The molecule has 0 spiro atoms. The first-order valence-electron chi connectivity index (χ1n) is 11.7. The van der Waals surface area contributed by atoms with Gasteiger partial charge >= 0.3 is 0 Å². The van der Waals surface area contributed by atoms with Crippen molar-refractivity contribution in [3.05, 3.63) is 84.2 Å². The molecule has 166 valence electrons. The van der Waals surface area contributed by atoms with Gasteiger partial charge in [0.15, 0.2) is 0 Å². The average Bonchev–Trinajstić information content (AvgIpc) is 3.21. The Balaban J connectivity index is 1.58. The van der Waals surface area contributed by atoms with Crippen LogP contribution >= 0.6 is 11.3 Å². The molecule has 0 amide bonds. The molecule has 2 nitrogen and oxygen atoms in total. The van der Waals surface area contributed by atoms with Gasteiger partial charge in [0.1, 0.15) is 6.33 Å². The highest BCUT2D eigenvalue weighted by Crippen LogP contribution is 2.37. The van der Waals surface area contributed by atoms with Crippen molar-refractivity contribution in [2.75, 3.05) is 0 Å². The van der Waals surface area contributed by atoms with Gasteiger partial charge < -0.3 is 0 Å². The number of aromatic nitrogens is 2. The molecular formula is C30H30N2S. The molecule has 0 bridgehead atoms. The molecule has 0 unspecified atom stereocenters. The zero-order valence-electron chi connectivity index (χ0n) is 20.0. The lowest BCUT2D eigenvalue weighted by Crippen LogP contribution is -2.12. The zero-order valence-corrected chi connectivity index (χ0v) is 20.8. The minimum atomic E-state index is 0.0463. The highest BCUT2D eigenvalue weighted by Gasteiger charge is 2.19. The zero-order chi connectivity index (χ0) is 23.2. The third-order valence-corrected chi connectivity index (χ3v) is 7.23. The average molecular weight is 451 g/mol. The van der Waals surface area contributed by atoms with Gasteiger partial charge in [0, 0.05) is 10.3 Å². The smallest absolute Gasteiger partial charge is 0.116 e. The molecule has 33 heavy (non-hydrogen) atoms. The lowest BCUT2D eigenvalue weighted by molar-refractivity contribution is 0.596. The summed E-state index contributed by atoms with van der Waals surface area (Å²) in [4.78, 5) is 10.5. The molecule has 2 aromatic heterocycles. The second-order valence-corrected chi connectivity index (χ2v) is 11.4. The molecule has 0 aliphatic heterocycles. The maximum atomic E-state index is 4.66. The van der Waals surface area contributed by atoms with Gasteiger partial charge in [-0.1, -0.05) is 71.0 Å². The van der Waals surface area contributed by atoms with Crippen molar-refractivity contribution in [1.82, 2.24) is 9.97 Å². The molecular weight excluding hydrogens is 420 g/mol. The van der Waals surface area contributed by atoms with Crippen LogP contribution in [0.2, 0.25) is 0 Å². The second kappa shape index (κ2) is 8.39. The molecule has 5 rings (SSSR count). The molecule has 0 saturated heterocycles. The van der Waals surface area contributed by atoms with Gasteiger partial charge in [0.25, 0.3) is 0 Å². The molecule has 3 aromatic carbocycles. The molecule has 3 heteroatoms. The van der Waals surface area contributed by atoms with Crippen LogP contribution in [-0.2, 0) is 11.8 Å². The van der Waals surface area contributed by atoms with Crippen LogP contribution in [-0.4, -0.2) is 9.97 Å². The maximum Gasteiger partial charge on any atom is 0.116 e. The van der Waals surface area contributed by atoms with E-state index < -0.39 is 0 Å². The minimum absolute atomic E-state index is 0.0463. The Morgan fingerprint density at radius 1 is 0.818 bits per heavy atom. The van der Waals surface area contributed by atoms with Gasteiger partial charge in [-0.2, -0.15) is 0 Å². The second-order valence-electron chi connectivity index (χ2n) is 10.4. The van der Waals surface area contributed by atoms with Gasteiger partial charge in [-0.3, -0.25) is 0 Å². The molecule has 0 fully saturated rings.